The van der Waals surface area contributed by atoms with E-state index in [4.69, 9.17) is 5.73 Å². The van der Waals surface area contributed by atoms with Gasteiger partial charge in [-0.2, -0.15) is 0 Å². The van der Waals surface area contributed by atoms with Gasteiger partial charge in [0.15, 0.2) is 11.5 Å². The molecule has 3 aromatic rings. The summed E-state index contributed by atoms with van der Waals surface area (Å²) in [6, 6.07) is 9.44. The van der Waals surface area contributed by atoms with Crippen LogP contribution in [0.15, 0.2) is 41.3 Å². The molecule has 0 radical (unpaired) electrons. The zero-order valence-electron chi connectivity index (χ0n) is 12.1. The standard InChI is InChI=1S/C15H15N5O2/c1-2-19-11-8-17-13(10-6-4-3-5-7-10)18-14(11)20(15(19)22)9-12(16)21/h3-8H,2,9H2,1H3,(H2,16,21). The van der Waals surface area contributed by atoms with Gasteiger partial charge in [-0.15, -0.1) is 0 Å². The highest BCUT2D eigenvalue weighted by atomic mass is 16.2. The average molecular weight is 297 g/mol. The van der Waals surface area contributed by atoms with E-state index in [1.165, 1.54) is 9.13 Å². The van der Waals surface area contributed by atoms with Gasteiger partial charge in [0.25, 0.3) is 0 Å². The molecule has 22 heavy (non-hydrogen) atoms. The zero-order valence-corrected chi connectivity index (χ0v) is 12.1. The summed E-state index contributed by atoms with van der Waals surface area (Å²) in [5.41, 5.74) is 6.77. The zero-order chi connectivity index (χ0) is 15.7. The maximum atomic E-state index is 12.4. The Labute approximate surface area is 126 Å². The van der Waals surface area contributed by atoms with Crippen molar-refractivity contribution in [1.82, 2.24) is 19.1 Å². The smallest absolute Gasteiger partial charge is 0.330 e. The second kappa shape index (κ2) is 5.44. The fraction of sp³-hybridized carbons (Fsp3) is 0.200. The van der Waals surface area contributed by atoms with Gasteiger partial charge in [0.1, 0.15) is 12.1 Å². The van der Waals surface area contributed by atoms with E-state index in [2.05, 4.69) is 9.97 Å². The van der Waals surface area contributed by atoms with E-state index >= 15 is 0 Å². The van der Waals surface area contributed by atoms with Crippen molar-refractivity contribution in [3.8, 4) is 11.4 Å². The van der Waals surface area contributed by atoms with E-state index in [0.717, 1.165) is 5.56 Å². The van der Waals surface area contributed by atoms with Crippen LogP contribution in [0.2, 0.25) is 0 Å². The van der Waals surface area contributed by atoms with Crippen LogP contribution in [-0.2, 0) is 17.9 Å². The number of hydrogen-bond acceptors (Lipinski definition) is 4. The number of carbonyl (C=O) groups is 1. The fourth-order valence-electron chi connectivity index (χ4n) is 2.43. The van der Waals surface area contributed by atoms with E-state index < -0.39 is 5.91 Å². The van der Waals surface area contributed by atoms with E-state index in [9.17, 15) is 9.59 Å². The van der Waals surface area contributed by atoms with Crippen LogP contribution in [-0.4, -0.2) is 25.0 Å². The molecule has 0 atom stereocenters. The molecule has 0 saturated carbocycles. The van der Waals surface area contributed by atoms with E-state index in [0.29, 0.717) is 23.5 Å². The van der Waals surface area contributed by atoms with Crippen LogP contribution < -0.4 is 11.4 Å². The van der Waals surface area contributed by atoms with Crippen molar-refractivity contribution in [2.45, 2.75) is 20.0 Å². The first-order valence-corrected chi connectivity index (χ1v) is 6.91. The molecule has 112 valence electrons. The van der Waals surface area contributed by atoms with Gasteiger partial charge in [-0.05, 0) is 6.92 Å². The largest absolute Gasteiger partial charge is 0.368 e. The molecule has 0 spiro atoms. The number of amides is 1. The van der Waals surface area contributed by atoms with Crippen LogP contribution in [0.3, 0.4) is 0 Å². The molecule has 0 bridgehead atoms. The third-order valence-electron chi connectivity index (χ3n) is 3.42. The number of nitrogens with two attached hydrogens (primary N) is 1. The number of rotatable bonds is 4. The lowest BCUT2D eigenvalue weighted by Crippen LogP contribution is -2.29. The number of aryl methyl sites for hydroxylation is 1. The molecule has 7 nitrogen and oxygen atoms in total. The number of aromatic nitrogens is 4. The summed E-state index contributed by atoms with van der Waals surface area (Å²) >= 11 is 0. The monoisotopic (exact) mass is 297 g/mol. The molecule has 0 saturated heterocycles. The van der Waals surface area contributed by atoms with Crippen LogP contribution in [0.4, 0.5) is 0 Å². The Bertz CT molecular complexity index is 895. The summed E-state index contributed by atoms with van der Waals surface area (Å²) < 4.78 is 2.81. The Hall–Kier alpha value is -2.96. The number of nitrogens with zero attached hydrogens (tertiary/aromatic N) is 4. The summed E-state index contributed by atoms with van der Waals surface area (Å²) in [5.74, 6) is -0.0864. The number of fused-ring (bicyclic) bond motifs is 1. The van der Waals surface area contributed by atoms with Crippen LogP contribution in [0.25, 0.3) is 22.6 Å². The predicted octanol–water partition coefficient (Wildman–Crippen LogP) is 0.765. The first-order valence-electron chi connectivity index (χ1n) is 6.91. The average Bonchev–Trinajstić information content (AvgIpc) is 2.79. The minimum absolute atomic E-state index is 0.201. The SMILES string of the molecule is CCn1c(=O)n(CC(N)=O)c2nc(-c3ccccc3)ncc21. The molecule has 2 aromatic heterocycles. The topological polar surface area (TPSA) is 95.8 Å². The minimum atomic E-state index is -0.586. The van der Waals surface area contributed by atoms with Crippen molar-refractivity contribution in [3.05, 3.63) is 47.0 Å². The molecule has 0 aliphatic heterocycles. The number of hydrogen-bond donors (Lipinski definition) is 1. The number of carbonyl (C=O) groups excluding carboxylic acids is 1. The third-order valence-corrected chi connectivity index (χ3v) is 3.42. The molecule has 1 amide bonds. The molecule has 0 aliphatic carbocycles. The Balaban J connectivity index is 2.26. The quantitative estimate of drug-likeness (QED) is 0.769. The first kappa shape index (κ1) is 14.0. The van der Waals surface area contributed by atoms with Crippen molar-refractivity contribution >= 4 is 17.1 Å². The second-order valence-corrected chi connectivity index (χ2v) is 4.85. The Kier molecular flexibility index (Phi) is 3.46. The molecular formula is C15H15N5O2. The molecule has 3 rings (SSSR count). The van der Waals surface area contributed by atoms with Gasteiger partial charge in [0.2, 0.25) is 5.91 Å². The summed E-state index contributed by atoms with van der Waals surface area (Å²) in [7, 11) is 0. The van der Waals surface area contributed by atoms with Gasteiger partial charge in [0, 0.05) is 12.1 Å². The minimum Gasteiger partial charge on any atom is -0.368 e. The van der Waals surface area contributed by atoms with Crippen molar-refractivity contribution in [2.24, 2.45) is 5.73 Å². The molecule has 2 N–H and O–H groups in total. The van der Waals surface area contributed by atoms with E-state index in [-0.39, 0.29) is 12.2 Å². The molecule has 0 fully saturated rings. The lowest BCUT2D eigenvalue weighted by atomic mass is 10.2. The van der Waals surface area contributed by atoms with Gasteiger partial charge in [-0.1, -0.05) is 30.3 Å². The molecule has 0 aliphatic rings. The summed E-state index contributed by atoms with van der Waals surface area (Å²) in [6.07, 6.45) is 1.60. The van der Waals surface area contributed by atoms with Crippen molar-refractivity contribution in [1.29, 1.82) is 0 Å². The van der Waals surface area contributed by atoms with Crippen molar-refractivity contribution < 1.29 is 4.79 Å². The van der Waals surface area contributed by atoms with Gasteiger partial charge >= 0.3 is 5.69 Å². The van der Waals surface area contributed by atoms with Gasteiger partial charge in [-0.25, -0.2) is 14.8 Å². The normalized spacial score (nSPS) is 11.0. The number of benzene rings is 1. The fourth-order valence-corrected chi connectivity index (χ4v) is 2.43. The lowest BCUT2D eigenvalue weighted by Gasteiger charge is -2.02. The molecule has 1 aromatic carbocycles. The van der Waals surface area contributed by atoms with Crippen LogP contribution in [0.1, 0.15) is 6.92 Å². The summed E-state index contributed by atoms with van der Waals surface area (Å²) in [5, 5.41) is 0. The highest BCUT2D eigenvalue weighted by Gasteiger charge is 2.16. The van der Waals surface area contributed by atoms with Crippen molar-refractivity contribution in [3.63, 3.8) is 0 Å². The highest BCUT2D eigenvalue weighted by Crippen LogP contribution is 2.17. The van der Waals surface area contributed by atoms with Crippen LogP contribution in [0, 0.1) is 0 Å². The first-order chi connectivity index (χ1) is 10.6. The molecule has 2 heterocycles. The molecular weight excluding hydrogens is 282 g/mol. The number of imidazole rings is 1. The maximum Gasteiger partial charge on any atom is 0.330 e. The highest BCUT2D eigenvalue weighted by molar-refractivity contribution is 5.78. The second-order valence-electron chi connectivity index (χ2n) is 4.85. The predicted molar refractivity (Wildman–Crippen MR) is 82.1 cm³/mol. The van der Waals surface area contributed by atoms with Gasteiger partial charge < -0.3 is 5.73 Å². The Morgan fingerprint density at radius 3 is 2.59 bits per heavy atom. The van der Waals surface area contributed by atoms with Crippen LogP contribution in [0.5, 0.6) is 0 Å². The van der Waals surface area contributed by atoms with E-state index in [1.807, 2.05) is 37.3 Å². The lowest BCUT2D eigenvalue weighted by molar-refractivity contribution is -0.118. The van der Waals surface area contributed by atoms with Crippen molar-refractivity contribution in [2.75, 3.05) is 0 Å². The number of primary amides is 1. The molecule has 7 heteroatoms. The third kappa shape index (κ3) is 2.26. The Morgan fingerprint density at radius 1 is 1.23 bits per heavy atom. The summed E-state index contributed by atoms with van der Waals surface area (Å²) in [6.45, 7) is 2.11. The summed E-state index contributed by atoms with van der Waals surface area (Å²) in [4.78, 5) is 32.4. The van der Waals surface area contributed by atoms with Gasteiger partial charge in [0.05, 0.1) is 6.20 Å². The Morgan fingerprint density at radius 2 is 1.95 bits per heavy atom. The maximum absolute atomic E-state index is 12.4. The van der Waals surface area contributed by atoms with Crippen LogP contribution >= 0.6 is 0 Å². The molecule has 0 unspecified atom stereocenters. The van der Waals surface area contributed by atoms with Gasteiger partial charge in [-0.3, -0.25) is 13.9 Å². The van der Waals surface area contributed by atoms with E-state index in [1.54, 1.807) is 6.20 Å².